The van der Waals surface area contributed by atoms with Crippen LogP contribution in [0.4, 0.5) is 18.9 Å². The van der Waals surface area contributed by atoms with Crippen molar-refractivity contribution < 1.29 is 13.2 Å². The minimum atomic E-state index is -4.36. The number of hydrogen-bond donors (Lipinski definition) is 1. The first-order valence-corrected chi connectivity index (χ1v) is 6.23. The fourth-order valence-corrected chi connectivity index (χ4v) is 2.25. The lowest BCUT2D eigenvalue weighted by atomic mass is 10.1. The van der Waals surface area contributed by atoms with Gasteiger partial charge in [0.05, 0.1) is 22.8 Å². The fourth-order valence-electron chi connectivity index (χ4n) is 1.60. The monoisotopic (exact) mass is 272 g/mol. The molecule has 2 nitrogen and oxygen atoms in total. The van der Waals surface area contributed by atoms with Crippen molar-refractivity contribution >= 4 is 17.0 Å². The third kappa shape index (κ3) is 2.81. The van der Waals surface area contributed by atoms with Crippen LogP contribution >= 0.6 is 11.3 Å². The Morgan fingerprint density at radius 3 is 2.61 bits per heavy atom. The zero-order valence-corrected chi connectivity index (χ0v) is 10.3. The molecule has 1 N–H and O–H groups in total. The zero-order valence-electron chi connectivity index (χ0n) is 9.53. The second-order valence-corrected chi connectivity index (χ2v) is 4.54. The van der Waals surface area contributed by atoms with Gasteiger partial charge in [-0.3, -0.25) is 0 Å². The average molecular weight is 272 g/mol. The average Bonchev–Trinajstić information content (AvgIpc) is 2.81. The molecule has 0 radical (unpaired) electrons. The van der Waals surface area contributed by atoms with Gasteiger partial charge in [0.1, 0.15) is 0 Å². The summed E-state index contributed by atoms with van der Waals surface area (Å²) < 4.78 is 38.4. The maximum Gasteiger partial charge on any atom is 0.418 e. The molecule has 0 amide bonds. The van der Waals surface area contributed by atoms with E-state index in [9.17, 15) is 13.2 Å². The molecule has 1 heterocycles. The molecular weight excluding hydrogens is 261 g/mol. The van der Waals surface area contributed by atoms with Crippen molar-refractivity contribution in [2.45, 2.75) is 19.1 Å². The molecule has 0 aliphatic rings. The molecular formula is C12H11F3N2S. The predicted octanol–water partition coefficient (Wildman–Crippen LogP) is 4.34. The van der Waals surface area contributed by atoms with E-state index >= 15 is 0 Å². The van der Waals surface area contributed by atoms with E-state index < -0.39 is 11.7 Å². The Hall–Kier alpha value is -1.56. The first kappa shape index (κ1) is 12.9. The standard InChI is InChI=1S/C12H11F3N2S/c1-8(11-6-18-7-16-11)17-10-5-3-2-4-9(10)12(13,14)15/h2-8,17H,1H3. The Balaban J connectivity index is 2.24. The van der Waals surface area contributed by atoms with Crippen molar-refractivity contribution in [2.24, 2.45) is 0 Å². The van der Waals surface area contributed by atoms with Crippen molar-refractivity contribution in [2.75, 3.05) is 5.32 Å². The third-order valence-corrected chi connectivity index (χ3v) is 3.10. The fraction of sp³-hybridized carbons (Fsp3) is 0.250. The van der Waals surface area contributed by atoms with Gasteiger partial charge in [0, 0.05) is 11.1 Å². The summed E-state index contributed by atoms with van der Waals surface area (Å²) in [5, 5.41) is 4.66. The molecule has 18 heavy (non-hydrogen) atoms. The smallest absolute Gasteiger partial charge is 0.376 e. The Bertz CT molecular complexity index is 508. The van der Waals surface area contributed by atoms with E-state index in [1.165, 1.54) is 23.5 Å². The van der Waals surface area contributed by atoms with Crippen LogP contribution in [-0.2, 0) is 6.18 Å². The summed E-state index contributed by atoms with van der Waals surface area (Å²) in [6.07, 6.45) is -4.36. The van der Waals surface area contributed by atoms with Crippen molar-refractivity contribution in [3.05, 3.63) is 46.4 Å². The number of benzene rings is 1. The zero-order chi connectivity index (χ0) is 13.2. The predicted molar refractivity (Wildman–Crippen MR) is 65.6 cm³/mol. The van der Waals surface area contributed by atoms with E-state index in [0.717, 1.165) is 11.8 Å². The first-order chi connectivity index (χ1) is 8.48. The molecule has 0 saturated carbocycles. The number of nitrogens with zero attached hydrogens (tertiary/aromatic N) is 1. The molecule has 0 bridgehead atoms. The molecule has 96 valence electrons. The summed E-state index contributed by atoms with van der Waals surface area (Å²) in [6, 6.07) is 5.18. The van der Waals surface area contributed by atoms with Gasteiger partial charge in [-0.15, -0.1) is 11.3 Å². The second kappa shape index (κ2) is 4.97. The van der Waals surface area contributed by atoms with Crippen LogP contribution in [0.2, 0.25) is 0 Å². The Morgan fingerprint density at radius 2 is 2.00 bits per heavy atom. The Kier molecular flexibility index (Phi) is 3.56. The molecule has 0 aliphatic carbocycles. The summed E-state index contributed by atoms with van der Waals surface area (Å²) in [7, 11) is 0. The van der Waals surface area contributed by atoms with Crippen molar-refractivity contribution in [1.82, 2.24) is 4.98 Å². The summed E-state index contributed by atoms with van der Waals surface area (Å²) >= 11 is 1.41. The highest BCUT2D eigenvalue weighted by Gasteiger charge is 2.33. The highest BCUT2D eigenvalue weighted by atomic mass is 32.1. The molecule has 2 aromatic rings. The van der Waals surface area contributed by atoms with E-state index in [0.29, 0.717) is 0 Å². The molecule has 0 saturated heterocycles. The van der Waals surface area contributed by atoms with Crippen LogP contribution in [0.3, 0.4) is 0 Å². The number of alkyl halides is 3. The SMILES string of the molecule is CC(Nc1ccccc1C(F)(F)F)c1cscn1. The van der Waals surface area contributed by atoms with E-state index in [4.69, 9.17) is 0 Å². The number of thiazole rings is 1. The van der Waals surface area contributed by atoms with Gasteiger partial charge in [-0.25, -0.2) is 4.98 Å². The van der Waals surface area contributed by atoms with Crippen LogP contribution < -0.4 is 5.32 Å². The quantitative estimate of drug-likeness (QED) is 0.899. The summed E-state index contributed by atoms with van der Waals surface area (Å²) in [5.41, 5.74) is 1.80. The van der Waals surface area contributed by atoms with Crippen molar-refractivity contribution in [3.8, 4) is 0 Å². The molecule has 1 unspecified atom stereocenters. The number of rotatable bonds is 3. The number of halogens is 3. The highest BCUT2D eigenvalue weighted by molar-refractivity contribution is 7.07. The van der Waals surface area contributed by atoms with Crippen LogP contribution in [0.1, 0.15) is 24.2 Å². The molecule has 0 fully saturated rings. The molecule has 6 heteroatoms. The molecule has 1 aromatic carbocycles. The maximum absolute atomic E-state index is 12.8. The molecule has 0 aliphatic heterocycles. The minimum Gasteiger partial charge on any atom is -0.376 e. The van der Waals surface area contributed by atoms with E-state index in [2.05, 4.69) is 10.3 Å². The topological polar surface area (TPSA) is 24.9 Å². The summed E-state index contributed by atoms with van der Waals surface area (Å²) in [6.45, 7) is 1.78. The largest absolute Gasteiger partial charge is 0.418 e. The first-order valence-electron chi connectivity index (χ1n) is 5.29. The van der Waals surface area contributed by atoms with Gasteiger partial charge in [-0.1, -0.05) is 12.1 Å². The van der Waals surface area contributed by atoms with Crippen LogP contribution in [0.15, 0.2) is 35.2 Å². The van der Waals surface area contributed by atoms with Crippen LogP contribution in [0.25, 0.3) is 0 Å². The number of anilines is 1. The Labute approximate surface area is 106 Å². The van der Waals surface area contributed by atoms with Crippen LogP contribution in [-0.4, -0.2) is 4.98 Å². The van der Waals surface area contributed by atoms with E-state index in [1.807, 2.05) is 5.38 Å². The summed E-state index contributed by atoms with van der Waals surface area (Å²) in [5.74, 6) is 0. The van der Waals surface area contributed by atoms with E-state index in [-0.39, 0.29) is 11.7 Å². The lowest BCUT2D eigenvalue weighted by Crippen LogP contribution is -2.13. The highest BCUT2D eigenvalue weighted by Crippen LogP contribution is 2.35. The lowest BCUT2D eigenvalue weighted by Gasteiger charge is -2.18. The maximum atomic E-state index is 12.8. The molecule has 2 rings (SSSR count). The second-order valence-electron chi connectivity index (χ2n) is 3.82. The number of hydrogen-bond acceptors (Lipinski definition) is 3. The minimum absolute atomic E-state index is 0.0745. The van der Waals surface area contributed by atoms with Crippen LogP contribution in [0.5, 0.6) is 0 Å². The van der Waals surface area contributed by atoms with Crippen molar-refractivity contribution in [1.29, 1.82) is 0 Å². The number of nitrogens with one attached hydrogen (secondary N) is 1. The number of para-hydroxylation sites is 1. The van der Waals surface area contributed by atoms with Gasteiger partial charge in [0.2, 0.25) is 0 Å². The van der Waals surface area contributed by atoms with Gasteiger partial charge in [0.15, 0.2) is 0 Å². The van der Waals surface area contributed by atoms with Gasteiger partial charge >= 0.3 is 6.18 Å². The van der Waals surface area contributed by atoms with E-state index in [1.54, 1.807) is 18.5 Å². The van der Waals surface area contributed by atoms with Gasteiger partial charge in [-0.05, 0) is 19.1 Å². The molecule has 1 atom stereocenters. The van der Waals surface area contributed by atoms with Crippen LogP contribution in [0, 0.1) is 0 Å². The third-order valence-electron chi connectivity index (χ3n) is 2.50. The number of aromatic nitrogens is 1. The Morgan fingerprint density at radius 1 is 1.28 bits per heavy atom. The lowest BCUT2D eigenvalue weighted by molar-refractivity contribution is -0.137. The molecule has 1 aromatic heterocycles. The molecule has 0 spiro atoms. The van der Waals surface area contributed by atoms with Gasteiger partial charge in [-0.2, -0.15) is 13.2 Å². The summed E-state index contributed by atoms with van der Waals surface area (Å²) in [4.78, 5) is 4.08. The van der Waals surface area contributed by atoms with Gasteiger partial charge < -0.3 is 5.32 Å². The normalized spacial score (nSPS) is 13.3. The van der Waals surface area contributed by atoms with Crippen molar-refractivity contribution in [3.63, 3.8) is 0 Å². The van der Waals surface area contributed by atoms with Gasteiger partial charge in [0.25, 0.3) is 0 Å².